The van der Waals surface area contributed by atoms with Gasteiger partial charge in [-0.05, 0) is 42.7 Å². The zero-order chi connectivity index (χ0) is 20.0. The fourth-order valence-electron chi connectivity index (χ4n) is 2.84. The topological polar surface area (TPSA) is 80.7 Å². The van der Waals surface area contributed by atoms with Crippen molar-refractivity contribution in [3.63, 3.8) is 0 Å². The second kappa shape index (κ2) is 8.97. The fraction of sp³-hybridized carbons (Fsp3) is 0.286. The Morgan fingerprint density at radius 2 is 1.74 bits per heavy atom. The lowest BCUT2D eigenvalue weighted by atomic mass is 9.91. The van der Waals surface area contributed by atoms with Gasteiger partial charge in [0, 0.05) is 24.9 Å². The van der Waals surface area contributed by atoms with Gasteiger partial charge in [-0.15, -0.1) is 0 Å². The lowest BCUT2D eigenvalue weighted by Crippen LogP contribution is -2.12. The second-order valence-corrected chi connectivity index (χ2v) is 8.23. The normalized spacial score (nSPS) is 12.4. The van der Waals surface area contributed by atoms with E-state index in [4.69, 9.17) is 4.74 Å². The van der Waals surface area contributed by atoms with Gasteiger partial charge < -0.3 is 9.84 Å². The average Bonchev–Trinajstić information content (AvgIpc) is 2.61. The van der Waals surface area contributed by atoms with E-state index in [2.05, 4.69) is 0 Å². The minimum atomic E-state index is -3.32. The van der Waals surface area contributed by atoms with E-state index in [9.17, 15) is 18.3 Å². The number of carbonyl (C=O) groups excluding carboxylic acids is 1. The molecule has 0 bridgehead atoms. The molecule has 5 nitrogen and oxygen atoms in total. The molecular formula is C21H24O5S. The van der Waals surface area contributed by atoms with Crippen LogP contribution in [0, 0.1) is 6.92 Å². The van der Waals surface area contributed by atoms with Gasteiger partial charge >= 0.3 is 5.97 Å². The summed E-state index contributed by atoms with van der Waals surface area (Å²) >= 11 is 0. The van der Waals surface area contributed by atoms with Gasteiger partial charge in [0.1, 0.15) is 0 Å². The molecule has 1 N–H and O–H groups in total. The van der Waals surface area contributed by atoms with E-state index >= 15 is 0 Å². The third-order valence-electron chi connectivity index (χ3n) is 4.06. The van der Waals surface area contributed by atoms with Crippen LogP contribution in [0.1, 0.15) is 30.0 Å². The molecule has 2 aromatic rings. The van der Waals surface area contributed by atoms with Crippen LogP contribution < -0.4 is 0 Å². The summed E-state index contributed by atoms with van der Waals surface area (Å²) in [5, 5.41) is 9.48. The van der Waals surface area contributed by atoms with Crippen LogP contribution in [0.5, 0.6) is 0 Å². The lowest BCUT2D eigenvalue weighted by Gasteiger charge is -2.16. The van der Waals surface area contributed by atoms with Gasteiger partial charge in [-0.3, -0.25) is 0 Å². The first-order chi connectivity index (χ1) is 12.8. The van der Waals surface area contributed by atoms with E-state index in [0.29, 0.717) is 16.7 Å². The van der Waals surface area contributed by atoms with E-state index in [-0.39, 0.29) is 24.5 Å². The van der Waals surface area contributed by atoms with E-state index in [1.807, 2.05) is 31.2 Å². The maximum Gasteiger partial charge on any atom is 0.334 e. The molecular weight excluding hydrogens is 364 g/mol. The molecule has 0 radical (unpaired) electrons. The summed E-state index contributed by atoms with van der Waals surface area (Å²) in [5.41, 5.74) is 3.50. The Labute approximate surface area is 160 Å². The molecule has 0 fully saturated rings. The van der Waals surface area contributed by atoms with E-state index < -0.39 is 15.8 Å². The second-order valence-electron chi connectivity index (χ2n) is 6.21. The molecule has 0 aliphatic rings. The van der Waals surface area contributed by atoms with E-state index in [0.717, 1.165) is 17.4 Å². The summed E-state index contributed by atoms with van der Waals surface area (Å²) < 4.78 is 28.7. The maximum absolute atomic E-state index is 12.5. The number of hydrogen-bond donors (Lipinski definition) is 1. The van der Waals surface area contributed by atoms with E-state index in [1.54, 1.807) is 19.1 Å². The molecule has 0 heterocycles. The van der Waals surface area contributed by atoms with Crippen molar-refractivity contribution >= 4 is 21.4 Å². The van der Waals surface area contributed by atoms with Gasteiger partial charge in [-0.2, -0.15) is 0 Å². The number of rotatable bonds is 7. The van der Waals surface area contributed by atoms with Gasteiger partial charge in [0.15, 0.2) is 9.84 Å². The molecule has 0 aliphatic carbocycles. The third kappa shape index (κ3) is 5.28. The summed E-state index contributed by atoms with van der Waals surface area (Å²) in [6, 6.07) is 14.0. The molecule has 6 heteroatoms. The van der Waals surface area contributed by atoms with Crippen LogP contribution in [-0.2, 0) is 19.4 Å². The molecule has 144 valence electrons. The van der Waals surface area contributed by atoms with Gasteiger partial charge in [-0.25, -0.2) is 13.2 Å². The van der Waals surface area contributed by atoms with Crippen molar-refractivity contribution in [2.75, 3.05) is 19.5 Å². The zero-order valence-corrected chi connectivity index (χ0v) is 16.5. The maximum atomic E-state index is 12.5. The van der Waals surface area contributed by atoms with Crippen LogP contribution in [0.2, 0.25) is 0 Å². The number of benzene rings is 2. The van der Waals surface area contributed by atoms with Gasteiger partial charge in [0.25, 0.3) is 0 Å². The number of carbonyl (C=O) groups is 1. The average molecular weight is 388 g/mol. The quantitative estimate of drug-likeness (QED) is 0.582. The van der Waals surface area contributed by atoms with Crippen molar-refractivity contribution in [1.82, 2.24) is 0 Å². The largest absolute Gasteiger partial charge is 0.463 e. The van der Waals surface area contributed by atoms with Crippen LogP contribution >= 0.6 is 0 Å². The summed E-state index contributed by atoms with van der Waals surface area (Å²) in [7, 11) is -3.32. The predicted octanol–water partition coefficient (Wildman–Crippen LogP) is 3.15. The Balaban J connectivity index is 2.72. The SMILES string of the molecule is CCOC(=O)/C(CCO)=C(\c1ccc(S(C)(=O)=O)cc1)c1cccc(C)c1. The summed E-state index contributed by atoms with van der Waals surface area (Å²) in [5.74, 6) is -0.491. The summed E-state index contributed by atoms with van der Waals surface area (Å²) in [6.45, 7) is 3.69. The molecule has 0 aliphatic heterocycles. The molecule has 27 heavy (non-hydrogen) atoms. The molecule has 0 atom stereocenters. The van der Waals surface area contributed by atoms with Gasteiger partial charge in [0.2, 0.25) is 0 Å². The van der Waals surface area contributed by atoms with E-state index in [1.165, 1.54) is 12.1 Å². The number of ether oxygens (including phenoxy) is 1. The van der Waals surface area contributed by atoms with Crippen LogP contribution in [0.25, 0.3) is 5.57 Å². The summed E-state index contributed by atoms with van der Waals surface area (Å²) in [4.78, 5) is 12.7. The third-order valence-corrected chi connectivity index (χ3v) is 5.19. The Bertz CT molecular complexity index is 941. The highest BCUT2D eigenvalue weighted by molar-refractivity contribution is 7.90. The Morgan fingerprint density at radius 1 is 1.07 bits per heavy atom. The molecule has 0 aromatic heterocycles. The Kier molecular flexibility index (Phi) is 6.93. The predicted molar refractivity (Wildman–Crippen MR) is 105 cm³/mol. The van der Waals surface area contributed by atoms with Crippen molar-refractivity contribution in [2.24, 2.45) is 0 Å². The van der Waals surface area contributed by atoms with Crippen molar-refractivity contribution in [3.05, 3.63) is 70.8 Å². The van der Waals surface area contributed by atoms with Crippen LogP contribution in [-0.4, -0.2) is 39.0 Å². The van der Waals surface area contributed by atoms with Crippen LogP contribution in [0.4, 0.5) is 0 Å². The molecule has 2 aromatic carbocycles. The van der Waals surface area contributed by atoms with Crippen LogP contribution in [0.15, 0.2) is 59.0 Å². The highest BCUT2D eigenvalue weighted by Gasteiger charge is 2.20. The first kappa shape index (κ1) is 20.9. The first-order valence-electron chi connectivity index (χ1n) is 8.66. The number of aryl methyl sites for hydroxylation is 1. The molecule has 0 spiro atoms. The molecule has 0 unspecified atom stereocenters. The molecule has 0 amide bonds. The highest BCUT2D eigenvalue weighted by Crippen LogP contribution is 2.30. The Morgan fingerprint density at radius 3 is 2.26 bits per heavy atom. The monoisotopic (exact) mass is 388 g/mol. The number of esters is 1. The van der Waals surface area contributed by atoms with Crippen molar-refractivity contribution < 1.29 is 23.1 Å². The number of aliphatic hydroxyl groups is 1. The summed E-state index contributed by atoms with van der Waals surface area (Å²) in [6.07, 6.45) is 1.28. The Hall–Kier alpha value is -2.44. The zero-order valence-electron chi connectivity index (χ0n) is 15.7. The first-order valence-corrected chi connectivity index (χ1v) is 10.6. The minimum Gasteiger partial charge on any atom is -0.463 e. The van der Waals surface area contributed by atoms with Crippen LogP contribution in [0.3, 0.4) is 0 Å². The minimum absolute atomic E-state index is 0.135. The van der Waals surface area contributed by atoms with Gasteiger partial charge in [-0.1, -0.05) is 42.0 Å². The molecule has 2 rings (SSSR count). The number of sulfone groups is 1. The van der Waals surface area contributed by atoms with Crippen molar-refractivity contribution in [2.45, 2.75) is 25.2 Å². The molecule has 0 saturated heterocycles. The van der Waals surface area contributed by atoms with Gasteiger partial charge in [0.05, 0.1) is 11.5 Å². The standard InChI is InChI=1S/C21H24O5S/c1-4-26-21(23)19(12-13-22)20(17-7-5-6-15(2)14-17)16-8-10-18(11-9-16)27(3,24)25/h5-11,14,22H,4,12-13H2,1-3H3/b20-19+. The number of hydrogen-bond acceptors (Lipinski definition) is 5. The molecule has 0 saturated carbocycles. The lowest BCUT2D eigenvalue weighted by molar-refractivity contribution is -0.138. The fourth-order valence-corrected chi connectivity index (χ4v) is 3.47. The van der Waals surface area contributed by atoms with Crippen molar-refractivity contribution in [3.8, 4) is 0 Å². The number of aliphatic hydroxyl groups excluding tert-OH is 1. The smallest absolute Gasteiger partial charge is 0.334 e. The van der Waals surface area contributed by atoms with Crippen molar-refractivity contribution in [1.29, 1.82) is 0 Å². The highest BCUT2D eigenvalue weighted by atomic mass is 32.2.